The molecule has 0 aliphatic carbocycles. The molecule has 0 bridgehead atoms. The van der Waals surface area contributed by atoms with Crippen LogP contribution in [0.5, 0.6) is 0 Å². The van der Waals surface area contributed by atoms with E-state index >= 15 is 0 Å². The lowest BCUT2D eigenvalue weighted by Crippen LogP contribution is -2.41. The number of rotatable bonds is 11. The van der Waals surface area contributed by atoms with Gasteiger partial charge < -0.3 is 10.0 Å². The van der Waals surface area contributed by atoms with E-state index in [9.17, 15) is 18.3 Å². The molecule has 0 saturated carbocycles. The SMILES string of the molecule is CN(CCC[C@H](NS(=O)(=O)c1ccc(-c2ccc(Cl)cc2)cc1)C(=O)O)Cc1ccccc1. The van der Waals surface area contributed by atoms with E-state index in [4.69, 9.17) is 11.6 Å². The lowest BCUT2D eigenvalue weighted by atomic mass is 10.1. The van der Waals surface area contributed by atoms with Gasteiger partial charge >= 0.3 is 5.97 Å². The van der Waals surface area contributed by atoms with Gasteiger partial charge in [0.2, 0.25) is 10.0 Å². The summed E-state index contributed by atoms with van der Waals surface area (Å²) in [5, 5.41) is 10.2. The molecule has 0 spiro atoms. The molecular weight excluding hydrogens is 460 g/mol. The van der Waals surface area contributed by atoms with Crippen molar-refractivity contribution in [3.63, 3.8) is 0 Å². The highest BCUT2D eigenvalue weighted by Crippen LogP contribution is 2.23. The van der Waals surface area contributed by atoms with Gasteiger partial charge in [0.1, 0.15) is 6.04 Å². The van der Waals surface area contributed by atoms with Gasteiger partial charge in [0.25, 0.3) is 0 Å². The number of benzene rings is 3. The highest BCUT2D eigenvalue weighted by molar-refractivity contribution is 7.89. The van der Waals surface area contributed by atoms with E-state index in [-0.39, 0.29) is 11.3 Å². The van der Waals surface area contributed by atoms with Crippen LogP contribution in [0.25, 0.3) is 11.1 Å². The molecule has 3 rings (SSSR count). The highest BCUT2D eigenvalue weighted by atomic mass is 35.5. The molecule has 6 nitrogen and oxygen atoms in total. The average Bonchev–Trinajstić information content (AvgIpc) is 2.79. The monoisotopic (exact) mass is 486 g/mol. The highest BCUT2D eigenvalue weighted by Gasteiger charge is 2.25. The summed E-state index contributed by atoms with van der Waals surface area (Å²) in [5.74, 6) is -1.19. The van der Waals surface area contributed by atoms with Gasteiger partial charge in [-0.05, 0) is 67.4 Å². The predicted octanol–water partition coefficient (Wildman–Crippen LogP) is 4.65. The molecule has 0 amide bonds. The minimum Gasteiger partial charge on any atom is -0.480 e. The summed E-state index contributed by atoms with van der Waals surface area (Å²) in [4.78, 5) is 13.8. The first-order valence-corrected chi connectivity index (χ1v) is 12.4. The number of nitrogens with one attached hydrogen (secondary N) is 1. The second-order valence-corrected chi connectivity index (χ2v) is 10.1. The van der Waals surface area contributed by atoms with Crippen LogP contribution in [-0.4, -0.2) is 44.0 Å². The Morgan fingerprint density at radius 2 is 1.55 bits per heavy atom. The van der Waals surface area contributed by atoms with E-state index in [0.29, 0.717) is 18.0 Å². The molecule has 0 aliphatic heterocycles. The van der Waals surface area contributed by atoms with E-state index in [1.54, 1.807) is 24.3 Å². The summed E-state index contributed by atoms with van der Waals surface area (Å²) >= 11 is 5.91. The van der Waals surface area contributed by atoms with Crippen LogP contribution in [0.2, 0.25) is 5.02 Å². The second-order valence-electron chi connectivity index (χ2n) is 7.91. The lowest BCUT2D eigenvalue weighted by Gasteiger charge is -2.19. The van der Waals surface area contributed by atoms with Crippen LogP contribution in [0.4, 0.5) is 0 Å². The zero-order valence-corrected chi connectivity index (χ0v) is 19.9. The molecule has 8 heteroatoms. The van der Waals surface area contributed by atoms with Crippen molar-refractivity contribution >= 4 is 27.6 Å². The van der Waals surface area contributed by atoms with Crippen LogP contribution in [0, 0.1) is 0 Å². The first kappa shape index (κ1) is 24.9. The number of sulfonamides is 1. The molecule has 2 N–H and O–H groups in total. The maximum absolute atomic E-state index is 12.8. The third-order valence-electron chi connectivity index (χ3n) is 5.27. The number of carboxylic acids is 1. The molecule has 1 atom stereocenters. The molecule has 0 unspecified atom stereocenters. The Balaban J connectivity index is 1.58. The van der Waals surface area contributed by atoms with Gasteiger partial charge in [-0.2, -0.15) is 4.72 Å². The fourth-order valence-electron chi connectivity index (χ4n) is 3.50. The summed E-state index contributed by atoms with van der Waals surface area (Å²) in [7, 11) is -2.02. The first-order chi connectivity index (χ1) is 15.7. The van der Waals surface area contributed by atoms with E-state index < -0.39 is 22.0 Å². The molecule has 0 heterocycles. The summed E-state index contributed by atoms with van der Waals surface area (Å²) in [6.07, 6.45) is 0.731. The molecule has 3 aromatic carbocycles. The summed E-state index contributed by atoms with van der Waals surface area (Å²) in [5.41, 5.74) is 2.90. The van der Waals surface area contributed by atoms with E-state index in [2.05, 4.69) is 9.62 Å². The fourth-order valence-corrected chi connectivity index (χ4v) is 4.85. The number of carboxylic acid groups (broad SMARTS) is 1. The van der Waals surface area contributed by atoms with Gasteiger partial charge in [0.05, 0.1) is 4.90 Å². The number of hydrogen-bond acceptors (Lipinski definition) is 4. The largest absolute Gasteiger partial charge is 0.480 e. The Kier molecular flexibility index (Phi) is 8.63. The second kappa shape index (κ2) is 11.4. The van der Waals surface area contributed by atoms with Gasteiger partial charge in [-0.15, -0.1) is 0 Å². The van der Waals surface area contributed by atoms with Gasteiger partial charge in [0, 0.05) is 11.6 Å². The van der Waals surface area contributed by atoms with Crippen molar-refractivity contribution in [3.8, 4) is 11.1 Å². The number of hydrogen-bond donors (Lipinski definition) is 2. The van der Waals surface area contributed by atoms with Crippen molar-refractivity contribution in [2.24, 2.45) is 0 Å². The maximum atomic E-state index is 12.8. The van der Waals surface area contributed by atoms with Gasteiger partial charge in [-0.3, -0.25) is 4.79 Å². The van der Waals surface area contributed by atoms with E-state index in [1.165, 1.54) is 12.1 Å². The van der Waals surface area contributed by atoms with Crippen LogP contribution in [0.3, 0.4) is 0 Å². The van der Waals surface area contributed by atoms with Crippen molar-refractivity contribution < 1.29 is 18.3 Å². The van der Waals surface area contributed by atoms with Crippen LogP contribution in [0.1, 0.15) is 18.4 Å². The topological polar surface area (TPSA) is 86.7 Å². The smallest absolute Gasteiger partial charge is 0.321 e. The molecule has 33 heavy (non-hydrogen) atoms. The van der Waals surface area contributed by atoms with Crippen LogP contribution in [0.15, 0.2) is 83.8 Å². The summed E-state index contributed by atoms with van der Waals surface area (Å²) in [6.45, 7) is 1.39. The van der Waals surface area contributed by atoms with Crippen LogP contribution < -0.4 is 4.72 Å². The fraction of sp³-hybridized carbons (Fsp3) is 0.240. The minimum atomic E-state index is -3.97. The zero-order valence-electron chi connectivity index (χ0n) is 18.3. The molecule has 0 aromatic heterocycles. The average molecular weight is 487 g/mol. The Bertz CT molecular complexity index is 1150. The standard InChI is InChI=1S/C25H27ClN2O4S/c1-28(18-19-6-3-2-4-7-19)17-5-8-24(25(29)30)27-33(31,32)23-15-11-21(12-16-23)20-9-13-22(26)14-10-20/h2-4,6-7,9-16,24,27H,5,8,17-18H2,1H3,(H,29,30)/t24-/m0/s1. The molecular formula is C25H27ClN2O4S. The maximum Gasteiger partial charge on any atom is 0.321 e. The Labute approximate surface area is 199 Å². The van der Waals surface area contributed by atoms with Gasteiger partial charge in [-0.25, -0.2) is 8.42 Å². The molecule has 174 valence electrons. The molecule has 0 fully saturated rings. The third-order valence-corrected chi connectivity index (χ3v) is 7.01. The van der Waals surface area contributed by atoms with Crippen LogP contribution in [-0.2, 0) is 21.4 Å². The lowest BCUT2D eigenvalue weighted by molar-refractivity contribution is -0.139. The van der Waals surface area contributed by atoms with Crippen LogP contribution >= 0.6 is 11.6 Å². The molecule has 0 radical (unpaired) electrons. The van der Waals surface area contributed by atoms with Crippen molar-refractivity contribution in [2.45, 2.75) is 30.3 Å². The first-order valence-electron chi connectivity index (χ1n) is 10.6. The van der Waals surface area contributed by atoms with Crippen molar-refractivity contribution in [2.75, 3.05) is 13.6 Å². The minimum absolute atomic E-state index is 0.0210. The summed E-state index contributed by atoms with van der Waals surface area (Å²) < 4.78 is 27.9. The van der Waals surface area contributed by atoms with Gasteiger partial charge in [0.15, 0.2) is 0 Å². The van der Waals surface area contributed by atoms with Gasteiger partial charge in [-0.1, -0.05) is 66.2 Å². The molecule has 0 saturated heterocycles. The number of aliphatic carboxylic acids is 1. The molecule has 3 aromatic rings. The Morgan fingerprint density at radius 1 is 0.970 bits per heavy atom. The predicted molar refractivity (Wildman–Crippen MR) is 131 cm³/mol. The summed E-state index contributed by atoms with van der Waals surface area (Å²) in [6, 6.07) is 22.3. The van der Waals surface area contributed by atoms with E-state index in [1.807, 2.05) is 49.5 Å². The Hall–Kier alpha value is -2.71. The van der Waals surface area contributed by atoms with E-state index in [0.717, 1.165) is 23.2 Å². The number of nitrogens with zero attached hydrogens (tertiary/aromatic N) is 1. The quantitative estimate of drug-likeness (QED) is 0.412. The van der Waals surface area contributed by atoms with Crippen molar-refractivity contribution in [1.29, 1.82) is 0 Å². The number of halogens is 1. The molecule has 0 aliphatic rings. The van der Waals surface area contributed by atoms with Crippen molar-refractivity contribution in [1.82, 2.24) is 9.62 Å². The zero-order chi connectivity index (χ0) is 23.8. The third kappa shape index (κ3) is 7.40. The normalized spacial score (nSPS) is 12.6. The number of carbonyl (C=O) groups is 1. The van der Waals surface area contributed by atoms with Crippen molar-refractivity contribution in [3.05, 3.63) is 89.4 Å². The Morgan fingerprint density at radius 3 is 2.12 bits per heavy atom.